The van der Waals surface area contributed by atoms with Gasteiger partial charge in [-0.3, -0.25) is 9.88 Å². The first-order valence-electron chi connectivity index (χ1n) is 10.3. The third kappa shape index (κ3) is 3.91. The van der Waals surface area contributed by atoms with E-state index < -0.39 is 0 Å². The van der Waals surface area contributed by atoms with Gasteiger partial charge in [-0.05, 0) is 50.1 Å². The molecule has 146 valence electrons. The number of aromatic nitrogens is 4. The van der Waals surface area contributed by atoms with E-state index in [0.717, 1.165) is 48.7 Å². The molecule has 4 heterocycles. The van der Waals surface area contributed by atoms with Crippen LogP contribution in [-0.4, -0.2) is 37.6 Å². The van der Waals surface area contributed by atoms with Crippen LogP contribution in [0.15, 0.2) is 67.1 Å². The van der Waals surface area contributed by atoms with Gasteiger partial charge in [0, 0.05) is 48.7 Å². The quantitative estimate of drug-likeness (QED) is 0.521. The maximum atomic E-state index is 4.84. The Labute approximate surface area is 171 Å². The summed E-state index contributed by atoms with van der Waals surface area (Å²) in [6.07, 6.45) is 8.06. The number of nitrogens with zero attached hydrogens (tertiary/aromatic N) is 5. The number of likely N-dealkylation sites (tertiary alicyclic amines) is 1. The van der Waals surface area contributed by atoms with Crippen molar-refractivity contribution in [3.63, 3.8) is 0 Å². The predicted octanol–water partition coefficient (Wildman–Crippen LogP) is 4.48. The minimum Gasteiger partial charge on any atom is -0.298 e. The van der Waals surface area contributed by atoms with Crippen molar-refractivity contribution in [2.24, 2.45) is 0 Å². The van der Waals surface area contributed by atoms with Gasteiger partial charge in [-0.1, -0.05) is 35.9 Å². The summed E-state index contributed by atoms with van der Waals surface area (Å²) < 4.78 is 1.91. The molecule has 1 aromatic carbocycles. The number of rotatable bonds is 4. The molecule has 1 fully saturated rings. The van der Waals surface area contributed by atoms with E-state index in [4.69, 9.17) is 10.1 Å². The lowest BCUT2D eigenvalue weighted by atomic mass is 9.97. The lowest BCUT2D eigenvalue weighted by Gasteiger charge is -2.31. The lowest BCUT2D eigenvalue weighted by molar-refractivity contribution is 0.196. The van der Waals surface area contributed by atoms with E-state index in [1.807, 2.05) is 22.8 Å². The second-order valence-electron chi connectivity index (χ2n) is 8.00. The Hall–Kier alpha value is -3.05. The van der Waals surface area contributed by atoms with Crippen molar-refractivity contribution in [3.8, 4) is 11.1 Å². The maximum Gasteiger partial charge on any atom is 0.156 e. The Morgan fingerprint density at radius 2 is 2.03 bits per heavy atom. The SMILES string of the molecule is Cc1cccc(CN2CCC[C@H](c3nc4ccc(-c5cccnc5)cn4n3)C2)c1. The molecular weight excluding hydrogens is 358 g/mol. The first-order chi connectivity index (χ1) is 14.2. The molecular formula is C24H25N5. The second-order valence-corrected chi connectivity index (χ2v) is 8.00. The van der Waals surface area contributed by atoms with Crippen LogP contribution in [0.2, 0.25) is 0 Å². The van der Waals surface area contributed by atoms with Crippen LogP contribution < -0.4 is 0 Å². The Bertz CT molecular complexity index is 1120. The standard InChI is InChI=1S/C24H25N5/c1-18-5-2-6-19(13-18)15-28-12-4-8-22(16-28)24-26-23-10-9-21(17-29(23)27-24)20-7-3-11-25-14-20/h2-3,5-7,9-11,13-14,17,22H,4,8,12,15-16H2,1H3/t22-/m0/s1. The first-order valence-corrected chi connectivity index (χ1v) is 10.3. The van der Waals surface area contributed by atoms with Gasteiger partial charge in [0.25, 0.3) is 0 Å². The van der Waals surface area contributed by atoms with Crippen LogP contribution in [0.4, 0.5) is 0 Å². The van der Waals surface area contributed by atoms with E-state index >= 15 is 0 Å². The molecule has 0 N–H and O–H groups in total. The van der Waals surface area contributed by atoms with Gasteiger partial charge in [0.05, 0.1) is 0 Å². The van der Waals surface area contributed by atoms with E-state index in [0.29, 0.717) is 5.92 Å². The molecule has 1 aliphatic rings. The zero-order chi connectivity index (χ0) is 19.6. The van der Waals surface area contributed by atoms with Crippen molar-refractivity contribution < 1.29 is 0 Å². The fourth-order valence-electron chi connectivity index (χ4n) is 4.26. The number of aryl methyl sites for hydroxylation is 1. The van der Waals surface area contributed by atoms with Crippen molar-refractivity contribution >= 4 is 5.65 Å². The summed E-state index contributed by atoms with van der Waals surface area (Å²) in [4.78, 5) is 11.6. The van der Waals surface area contributed by atoms with E-state index in [1.54, 1.807) is 6.20 Å². The van der Waals surface area contributed by atoms with Gasteiger partial charge in [-0.15, -0.1) is 0 Å². The normalized spacial score (nSPS) is 17.6. The molecule has 1 aliphatic heterocycles. The molecule has 4 aromatic rings. The summed E-state index contributed by atoms with van der Waals surface area (Å²) >= 11 is 0. The highest BCUT2D eigenvalue weighted by Gasteiger charge is 2.24. The predicted molar refractivity (Wildman–Crippen MR) is 115 cm³/mol. The van der Waals surface area contributed by atoms with Crippen LogP contribution in [0, 0.1) is 6.92 Å². The summed E-state index contributed by atoms with van der Waals surface area (Å²) in [6, 6.07) is 17.0. The zero-order valence-corrected chi connectivity index (χ0v) is 16.7. The Kier molecular flexibility index (Phi) is 4.82. The third-order valence-corrected chi connectivity index (χ3v) is 5.70. The van der Waals surface area contributed by atoms with Crippen molar-refractivity contribution in [1.29, 1.82) is 0 Å². The smallest absolute Gasteiger partial charge is 0.156 e. The zero-order valence-electron chi connectivity index (χ0n) is 16.7. The first kappa shape index (κ1) is 18.0. The second kappa shape index (κ2) is 7.76. The number of hydrogen-bond donors (Lipinski definition) is 0. The average Bonchev–Trinajstić information content (AvgIpc) is 3.18. The van der Waals surface area contributed by atoms with Gasteiger partial charge in [-0.25, -0.2) is 9.50 Å². The molecule has 0 unspecified atom stereocenters. The Balaban J connectivity index is 1.35. The number of piperidine rings is 1. The molecule has 3 aromatic heterocycles. The van der Waals surface area contributed by atoms with Crippen LogP contribution in [0.1, 0.15) is 35.7 Å². The van der Waals surface area contributed by atoms with E-state index in [9.17, 15) is 0 Å². The van der Waals surface area contributed by atoms with Gasteiger partial charge in [0.1, 0.15) is 0 Å². The summed E-state index contributed by atoms with van der Waals surface area (Å²) in [5, 5.41) is 4.84. The van der Waals surface area contributed by atoms with Gasteiger partial charge >= 0.3 is 0 Å². The van der Waals surface area contributed by atoms with Crippen molar-refractivity contribution in [2.75, 3.05) is 13.1 Å². The fraction of sp³-hybridized carbons (Fsp3) is 0.292. The van der Waals surface area contributed by atoms with Gasteiger partial charge in [-0.2, -0.15) is 5.10 Å². The van der Waals surface area contributed by atoms with Crippen molar-refractivity contribution in [2.45, 2.75) is 32.2 Å². The molecule has 5 nitrogen and oxygen atoms in total. The number of hydrogen-bond acceptors (Lipinski definition) is 4. The molecule has 0 saturated carbocycles. The summed E-state index contributed by atoms with van der Waals surface area (Å²) in [6.45, 7) is 5.31. The van der Waals surface area contributed by atoms with Crippen LogP contribution in [0.25, 0.3) is 16.8 Å². The van der Waals surface area contributed by atoms with Crippen molar-refractivity contribution in [3.05, 3.63) is 84.1 Å². The summed E-state index contributed by atoms with van der Waals surface area (Å²) in [5.74, 6) is 1.34. The topological polar surface area (TPSA) is 46.3 Å². The van der Waals surface area contributed by atoms with Crippen LogP contribution in [-0.2, 0) is 6.54 Å². The number of fused-ring (bicyclic) bond motifs is 1. The highest BCUT2D eigenvalue weighted by Crippen LogP contribution is 2.27. The lowest BCUT2D eigenvalue weighted by Crippen LogP contribution is -2.34. The number of pyridine rings is 2. The Morgan fingerprint density at radius 3 is 2.90 bits per heavy atom. The molecule has 0 spiro atoms. The average molecular weight is 383 g/mol. The van der Waals surface area contributed by atoms with Crippen LogP contribution >= 0.6 is 0 Å². The minimum atomic E-state index is 0.385. The van der Waals surface area contributed by atoms with Gasteiger partial charge in [0.15, 0.2) is 11.5 Å². The van der Waals surface area contributed by atoms with Gasteiger partial charge < -0.3 is 0 Å². The molecule has 0 radical (unpaired) electrons. The van der Waals surface area contributed by atoms with Crippen molar-refractivity contribution in [1.82, 2.24) is 24.5 Å². The van der Waals surface area contributed by atoms with E-state index in [2.05, 4.69) is 59.4 Å². The number of benzene rings is 1. The monoisotopic (exact) mass is 383 g/mol. The maximum absolute atomic E-state index is 4.84. The van der Waals surface area contributed by atoms with E-state index in [1.165, 1.54) is 17.5 Å². The van der Waals surface area contributed by atoms with E-state index in [-0.39, 0.29) is 0 Å². The highest BCUT2D eigenvalue weighted by atomic mass is 15.3. The minimum absolute atomic E-state index is 0.385. The molecule has 0 aliphatic carbocycles. The molecule has 1 atom stereocenters. The molecule has 29 heavy (non-hydrogen) atoms. The van der Waals surface area contributed by atoms with Crippen LogP contribution in [0.3, 0.4) is 0 Å². The highest BCUT2D eigenvalue weighted by molar-refractivity contribution is 5.63. The molecule has 0 bridgehead atoms. The Morgan fingerprint density at radius 1 is 1.07 bits per heavy atom. The molecule has 0 amide bonds. The fourth-order valence-corrected chi connectivity index (χ4v) is 4.26. The summed E-state index contributed by atoms with van der Waals surface area (Å²) in [7, 11) is 0. The van der Waals surface area contributed by atoms with Crippen LogP contribution in [0.5, 0.6) is 0 Å². The third-order valence-electron chi connectivity index (χ3n) is 5.70. The summed E-state index contributed by atoms with van der Waals surface area (Å²) in [5.41, 5.74) is 5.81. The molecule has 5 rings (SSSR count). The largest absolute Gasteiger partial charge is 0.298 e. The van der Waals surface area contributed by atoms with Gasteiger partial charge in [0.2, 0.25) is 0 Å². The molecule has 1 saturated heterocycles. The molecule has 5 heteroatoms.